The summed E-state index contributed by atoms with van der Waals surface area (Å²) < 4.78 is 34.4. The first-order valence-corrected chi connectivity index (χ1v) is 13.3. The van der Waals surface area contributed by atoms with Crippen molar-refractivity contribution in [1.82, 2.24) is 14.1 Å². The van der Waals surface area contributed by atoms with E-state index in [9.17, 15) is 23.3 Å². The lowest BCUT2D eigenvalue weighted by atomic mass is 10.0. The number of benzene rings is 1. The van der Waals surface area contributed by atoms with E-state index in [0.717, 1.165) is 25.5 Å². The van der Waals surface area contributed by atoms with Gasteiger partial charge in [0.15, 0.2) is 0 Å². The zero-order valence-electron chi connectivity index (χ0n) is 19.4. The number of halogens is 1. The van der Waals surface area contributed by atoms with Crippen molar-refractivity contribution < 1.29 is 18.1 Å². The molecule has 2 fully saturated rings. The molecule has 1 aromatic carbocycles. The van der Waals surface area contributed by atoms with Crippen molar-refractivity contribution in [2.24, 2.45) is 5.92 Å². The molecule has 2 saturated heterocycles. The summed E-state index contributed by atoms with van der Waals surface area (Å²) in [5.74, 6) is 0.350. The Kier molecular flexibility index (Phi) is 7.74. The van der Waals surface area contributed by atoms with E-state index >= 15 is 0 Å². The molecule has 0 spiro atoms. The van der Waals surface area contributed by atoms with E-state index in [2.05, 4.69) is 10.4 Å². The van der Waals surface area contributed by atoms with Gasteiger partial charge in [-0.2, -0.15) is 9.40 Å². The summed E-state index contributed by atoms with van der Waals surface area (Å²) in [6, 6.07) is 3.50. The molecule has 0 amide bonds. The van der Waals surface area contributed by atoms with E-state index in [0.29, 0.717) is 43.2 Å². The summed E-state index contributed by atoms with van der Waals surface area (Å²) >= 11 is 6.35. The second-order valence-electron chi connectivity index (χ2n) is 8.93. The molecular formula is C22H28ClN5O6S. The van der Waals surface area contributed by atoms with Crippen molar-refractivity contribution in [2.75, 3.05) is 38.2 Å². The van der Waals surface area contributed by atoms with Gasteiger partial charge in [0.25, 0.3) is 11.2 Å². The van der Waals surface area contributed by atoms with Gasteiger partial charge < -0.3 is 10.1 Å². The van der Waals surface area contributed by atoms with Crippen LogP contribution in [0.2, 0.25) is 5.02 Å². The second kappa shape index (κ2) is 10.6. The van der Waals surface area contributed by atoms with Crippen LogP contribution in [-0.2, 0) is 14.8 Å². The lowest BCUT2D eigenvalue weighted by molar-refractivity contribution is -0.385. The largest absolute Gasteiger partial charge is 0.382 e. The summed E-state index contributed by atoms with van der Waals surface area (Å²) in [5.41, 5.74) is 0.205. The monoisotopic (exact) mass is 525 g/mol. The van der Waals surface area contributed by atoms with Crippen LogP contribution in [0, 0.1) is 23.0 Å². The molecule has 2 aromatic rings. The molecule has 3 heterocycles. The van der Waals surface area contributed by atoms with Crippen molar-refractivity contribution in [1.29, 1.82) is 0 Å². The number of hydrogen-bond donors (Lipinski definition) is 1. The highest BCUT2D eigenvalue weighted by molar-refractivity contribution is 7.89. The summed E-state index contributed by atoms with van der Waals surface area (Å²) in [4.78, 5) is 23.3. The summed E-state index contributed by atoms with van der Waals surface area (Å²) in [5, 5.41) is 18.7. The van der Waals surface area contributed by atoms with Gasteiger partial charge in [-0.15, -0.1) is 0 Å². The fourth-order valence-corrected chi connectivity index (χ4v) is 6.41. The van der Waals surface area contributed by atoms with Crippen molar-refractivity contribution in [3.63, 3.8) is 0 Å². The van der Waals surface area contributed by atoms with Crippen molar-refractivity contribution in [3.8, 4) is 0 Å². The molecule has 4 rings (SSSR count). The number of sulfonamides is 1. The van der Waals surface area contributed by atoms with Crippen LogP contribution in [0.1, 0.15) is 37.3 Å². The first-order chi connectivity index (χ1) is 16.7. The van der Waals surface area contributed by atoms with E-state index in [1.54, 1.807) is 6.92 Å². The van der Waals surface area contributed by atoms with Crippen molar-refractivity contribution >= 4 is 33.0 Å². The van der Waals surface area contributed by atoms with Gasteiger partial charge in [0.2, 0.25) is 10.0 Å². The van der Waals surface area contributed by atoms with Crippen molar-refractivity contribution in [2.45, 2.75) is 43.5 Å². The third-order valence-corrected chi connectivity index (χ3v) is 8.95. The van der Waals surface area contributed by atoms with E-state index in [1.807, 2.05) is 0 Å². The lowest BCUT2D eigenvalue weighted by Gasteiger charge is -2.32. The predicted molar refractivity (Wildman–Crippen MR) is 130 cm³/mol. The topological polar surface area (TPSA) is 137 Å². The maximum atomic E-state index is 13.2. The first kappa shape index (κ1) is 25.5. The zero-order chi connectivity index (χ0) is 25.2. The molecule has 2 aliphatic rings. The fourth-order valence-electron chi connectivity index (χ4n) is 4.50. The Morgan fingerprint density at radius 3 is 2.69 bits per heavy atom. The Labute approximate surface area is 208 Å². The van der Waals surface area contributed by atoms with Gasteiger partial charge >= 0.3 is 0 Å². The molecule has 13 heteroatoms. The van der Waals surface area contributed by atoms with E-state index < -0.39 is 20.5 Å². The van der Waals surface area contributed by atoms with Crippen LogP contribution in [0.3, 0.4) is 0 Å². The van der Waals surface area contributed by atoms with Crippen molar-refractivity contribution in [3.05, 3.63) is 55.5 Å². The van der Waals surface area contributed by atoms with Crippen LogP contribution in [0.25, 0.3) is 0 Å². The maximum absolute atomic E-state index is 13.2. The average Bonchev–Trinajstić information content (AvgIpc) is 2.85. The van der Waals surface area contributed by atoms with Gasteiger partial charge in [-0.3, -0.25) is 14.9 Å². The highest BCUT2D eigenvalue weighted by Crippen LogP contribution is 2.30. The van der Waals surface area contributed by atoms with Crippen LogP contribution in [0.4, 0.5) is 11.4 Å². The number of non-ortho nitro benzene ring substituents is 1. The number of ether oxygens (including phenoxy) is 1. The maximum Gasteiger partial charge on any atom is 0.287 e. The lowest BCUT2D eigenvalue weighted by Crippen LogP contribution is -2.41. The summed E-state index contributed by atoms with van der Waals surface area (Å²) in [7, 11) is -3.92. The standard InChI is InChI=1S/C22H28ClN5O6S/c1-15-4-5-18(28(30)31)11-20(15)35(32,33)26-8-6-17(7-9-26)27-22(29)21(23)19(13-25-27)24-12-16-3-2-10-34-14-16/h4-5,11,13,16-17,24H,2-3,6-10,12,14H2,1H3/t16-/m1/s1. The average molecular weight is 526 g/mol. The molecule has 2 aliphatic heterocycles. The minimum absolute atomic E-state index is 0.0546. The quantitative estimate of drug-likeness (QED) is 0.430. The van der Waals surface area contributed by atoms with Crippen LogP contribution >= 0.6 is 11.6 Å². The number of nitro groups is 1. The number of nitro benzene ring substituents is 1. The highest BCUT2D eigenvalue weighted by Gasteiger charge is 2.33. The predicted octanol–water partition coefficient (Wildman–Crippen LogP) is 2.98. The Balaban J connectivity index is 1.44. The Bertz CT molecular complexity index is 1250. The fraction of sp³-hybridized carbons (Fsp3) is 0.545. The second-order valence-corrected chi connectivity index (χ2v) is 11.2. The number of aromatic nitrogens is 2. The molecule has 0 radical (unpaired) electrons. The van der Waals surface area contributed by atoms with E-state index in [4.69, 9.17) is 16.3 Å². The highest BCUT2D eigenvalue weighted by atomic mass is 35.5. The molecule has 35 heavy (non-hydrogen) atoms. The third-order valence-electron chi connectivity index (χ3n) is 6.55. The number of piperidine rings is 1. The van der Waals surface area contributed by atoms with Crippen LogP contribution < -0.4 is 10.9 Å². The third kappa shape index (κ3) is 5.50. The Morgan fingerprint density at radius 2 is 2.03 bits per heavy atom. The SMILES string of the molecule is Cc1ccc([N+](=O)[O-])cc1S(=O)(=O)N1CCC(n2ncc(NC[C@H]3CCCOC3)c(Cl)c2=O)CC1. The molecule has 0 aliphatic carbocycles. The van der Waals surface area contributed by atoms with Gasteiger partial charge in [-0.1, -0.05) is 17.7 Å². The van der Waals surface area contributed by atoms with Crippen LogP contribution in [0.5, 0.6) is 0 Å². The number of anilines is 1. The molecule has 1 atom stereocenters. The molecule has 0 saturated carbocycles. The number of hydrogen-bond acceptors (Lipinski definition) is 8. The Morgan fingerprint density at radius 1 is 1.29 bits per heavy atom. The number of nitrogens with one attached hydrogen (secondary N) is 1. The van der Waals surface area contributed by atoms with Gasteiger partial charge in [0.1, 0.15) is 5.02 Å². The van der Waals surface area contributed by atoms with E-state index in [-0.39, 0.29) is 34.7 Å². The Hall–Kier alpha value is -2.54. The number of nitrogens with zero attached hydrogens (tertiary/aromatic N) is 4. The summed E-state index contributed by atoms with van der Waals surface area (Å²) in [6.07, 6.45) is 4.32. The van der Waals surface area contributed by atoms with Gasteiger partial charge in [0, 0.05) is 38.4 Å². The molecule has 0 unspecified atom stereocenters. The van der Waals surface area contributed by atoms with Crippen LogP contribution in [-0.4, -0.2) is 60.3 Å². The zero-order valence-corrected chi connectivity index (χ0v) is 20.9. The minimum Gasteiger partial charge on any atom is -0.382 e. The summed E-state index contributed by atoms with van der Waals surface area (Å²) in [6.45, 7) is 4.00. The smallest absolute Gasteiger partial charge is 0.287 e. The van der Waals surface area contributed by atoms with Gasteiger partial charge in [0.05, 0.1) is 34.4 Å². The minimum atomic E-state index is -3.92. The van der Waals surface area contributed by atoms with Gasteiger partial charge in [-0.05, 0) is 44.1 Å². The first-order valence-electron chi connectivity index (χ1n) is 11.5. The molecule has 0 bridgehead atoms. The molecule has 11 nitrogen and oxygen atoms in total. The van der Waals surface area contributed by atoms with Crippen LogP contribution in [0.15, 0.2) is 34.1 Å². The molecule has 190 valence electrons. The molecular weight excluding hydrogens is 498 g/mol. The molecule has 1 N–H and O–H groups in total. The normalized spacial score (nSPS) is 20.0. The number of aryl methyl sites for hydroxylation is 1. The molecule has 1 aromatic heterocycles. The van der Waals surface area contributed by atoms with Gasteiger partial charge in [-0.25, -0.2) is 13.1 Å². The van der Waals surface area contributed by atoms with E-state index in [1.165, 1.54) is 27.3 Å². The number of rotatable bonds is 7.